The number of halogens is 1. The van der Waals surface area contributed by atoms with E-state index in [1.54, 1.807) is 13.2 Å². The Kier molecular flexibility index (Phi) is 4.99. The highest BCUT2D eigenvalue weighted by atomic mass is 79.9. The summed E-state index contributed by atoms with van der Waals surface area (Å²) in [5, 5.41) is 2.99. The average molecular weight is 341 g/mol. The van der Waals surface area contributed by atoms with Crippen molar-refractivity contribution in [2.24, 2.45) is 0 Å². The Balaban J connectivity index is 2.21. The molecule has 1 amide bonds. The van der Waals surface area contributed by atoms with Crippen molar-refractivity contribution in [1.29, 1.82) is 0 Å². The number of hydrogen-bond acceptors (Lipinski definition) is 4. The predicted octanol–water partition coefficient (Wildman–Crippen LogP) is 2.05. The molecule has 1 unspecified atom stereocenters. The largest absolute Gasteiger partial charge is 0.372 e. The van der Waals surface area contributed by atoms with Crippen molar-refractivity contribution in [3.8, 4) is 0 Å². The molecule has 1 aliphatic heterocycles. The maximum Gasteiger partial charge on any atom is 0.257 e. The van der Waals surface area contributed by atoms with Gasteiger partial charge in [0.05, 0.1) is 5.56 Å². The molecule has 2 heterocycles. The molecule has 1 aromatic heterocycles. The molecule has 110 valence electrons. The monoisotopic (exact) mass is 340 g/mol. The number of nitrogens with zero attached hydrogens (tertiary/aromatic N) is 3. The number of anilines is 1. The highest BCUT2D eigenvalue weighted by Gasteiger charge is 2.28. The second-order valence-corrected chi connectivity index (χ2v) is 6.01. The van der Waals surface area contributed by atoms with Crippen LogP contribution in [0.5, 0.6) is 0 Å². The lowest BCUT2D eigenvalue weighted by Crippen LogP contribution is -2.53. The van der Waals surface area contributed by atoms with Crippen LogP contribution in [0.2, 0.25) is 0 Å². The number of carbonyl (C=O) groups excluding carboxylic acids is 1. The highest BCUT2D eigenvalue weighted by Crippen LogP contribution is 2.21. The van der Waals surface area contributed by atoms with Crippen LogP contribution in [0.3, 0.4) is 0 Å². The van der Waals surface area contributed by atoms with Crippen molar-refractivity contribution < 1.29 is 4.79 Å². The molecule has 0 aliphatic carbocycles. The second-order valence-electron chi connectivity index (χ2n) is 5.09. The van der Waals surface area contributed by atoms with E-state index >= 15 is 0 Å². The number of piperazine rings is 1. The van der Waals surface area contributed by atoms with Crippen molar-refractivity contribution in [1.82, 2.24) is 14.8 Å². The summed E-state index contributed by atoms with van der Waals surface area (Å²) in [7, 11) is 3.90. The normalized spacial score (nSPS) is 20.0. The molecule has 2 rings (SSSR count). The maximum atomic E-state index is 12.7. The summed E-state index contributed by atoms with van der Waals surface area (Å²) in [6.07, 6.45) is 2.75. The second kappa shape index (κ2) is 6.54. The molecule has 1 fully saturated rings. The molecule has 1 aromatic rings. The van der Waals surface area contributed by atoms with Crippen LogP contribution in [0.25, 0.3) is 0 Å². The van der Waals surface area contributed by atoms with Crippen LogP contribution in [-0.4, -0.2) is 60.5 Å². The van der Waals surface area contributed by atoms with E-state index in [9.17, 15) is 4.79 Å². The van der Waals surface area contributed by atoms with E-state index in [1.165, 1.54) is 0 Å². The summed E-state index contributed by atoms with van der Waals surface area (Å²) in [5.74, 6) is 0.680. The minimum atomic E-state index is 0.0506. The molecule has 1 atom stereocenters. The number of rotatable bonds is 3. The van der Waals surface area contributed by atoms with Gasteiger partial charge in [-0.1, -0.05) is 6.92 Å². The summed E-state index contributed by atoms with van der Waals surface area (Å²) in [5.41, 5.74) is 0.626. The molecule has 5 nitrogen and oxygen atoms in total. The van der Waals surface area contributed by atoms with Crippen molar-refractivity contribution in [2.75, 3.05) is 39.0 Å². The van der Waals surface area contributed by atoms with Crippen LogP contribution < -0.4 is 5.32 Å². The number of hydrogen-bond donors (Lipinski definition) is 1. The Morgan fingerprint density at radius 3 is 2.95 bits per heavy atom. The first-order valence-electron chi connectivity index (χ1n) is 6.89. The Morgan fingerprint density at radius 1 is 1.55 bits per heavy atom. The Hall–Kier alpha value is -1.14. The first kappa shape index (κ1) is 15.3. The summed E-state index contributed by atoms with van der Waals surface area (Å²) < 4.78 is 0.820. The molecule has 6 heteroatoms. The van der Waals surface area contributed by atoms with Crippen LogP contribution in [0.15, 0.2) is 16.7 Å². The molecule has 0 aromatic carbocycles. The van der Waals surface area contributed by atoms with Crippen molar-refractivity contribution in [3.63, 3.8) is 0 Å². The summed E-state index contributed by atoms with van der Waals surface area (Å²) in [4.78, 5) is 21.2. The third kappa shape index (κ3) is 3.12. The fourth-order valence-corrected chi connectivity index (χ4v) is 2.87. The number of nitrogens with one attached hydrogen (secondary N) is 1. The topological polar surface area (TPSA) is 48.5 Å². The summed E-state index contributed by atoms with van der Waals surface area (Å²) in [6, 6.07) is 2.27. The van der Waals surface area contributed by atoms with Gasteiger partial charge in [-0.15, -0.1) is 0 Å². The van der Waals surface area contributed by atoms with E-state index < -0.39 is 0 Å². The van der Waals surface area contributed by atoms with Gasteiger partial charge in [0.15, 0.2) is 0 Å². The van der Waals surface area contributed by atoms with E-state index in [0.717, 1.165) is 30.5 Å². The van der Waals surface area contributed by atoms with Crippen LogP contribution in [-0.2, 0) is 0 Å². The molecular weight excluding hydrogens is 320 g/mol. The van der Waals surface area contributed by atoms with Gasteiger partial charge in [0.1, 0.15) is 5.82 Å². The fourth-order valence-electron chi connectivity index (χ4n) is 2.54. The van der Waals surface area contributed by atoms with Gasteiger partial charge in [0, 0.05) is 43.4 Å². The van der Waals surface area contributed by atoms with Gasteiger partial charge in [0.2, 0.25) is 0 Å². The Bertz CT molecular complexity index is 494. The lowest BCUT2D eigenvalue weighted by atomic mass is 10.1. The molecule has 1 saturated heterocycles. The SMILES string of the molecule is CCC1CN(C(=O)c2cc(Br)cnc2NC)CCN1C. The Morgan fingerprint density at radius 2 is 2.30 bits per heavy atom. The van der Waals surface area contributed by atoms with Crippen LogP contribution >= 0.6 is 15.9 Å². The predicted molar refractivity (Wildman–Crippen MR) is 84.1 cm³/mol. The van der Waals surface area contributed by atoms with Gasteiger partial charge in [-0.2, -0.15) is 0 Å². The average Bonchev–Trinajstić information content (AvgIpc) is 2.47. The van der Waals surface area contributed by atoms with Gasteiger partial charge in [-0.3, -0.25) is 9.69 Å². The number of carbonyl (C=O) groups is 1. The first-order valence-corrected chi connectivity index (χ1v) is 7.69. The smallest absolute Gasteiger partial charge is 0.257 e. The molecule has 1 N–H and O–H groups in total. The fraction of sp³-hybridized carbons (Fsp3) is 0.571. The van der Waals surface area contributed by atoms with Gasteiger partial charge in [-0.05, 0) is 35.5 Å². The summed E-state index contributed by atoms with van der Waals surface area (Å²) >= 11 is 3.38. The standard InChI is InChI=1S/C14H21BrN4O/c1-4-11-9-19(6-5-18(11)3)14(20)12-7-10(15)8-17-13(12)16-2/h7-8,11H,4-6,9H2,1-3H3,(H,16,17). The number of likely N-dealkylation sites (N-methyl/N-ethyl adjacent to an activating group) is 1. The third-order valence-electron chi connectivity index (χ3n) is 3.86. The number of amides is 1. The molecule has 0 spiro atoms. The zero-order valence-corrected chi connectivity index (χ0v) is 13.8. The van der Waals surface area contributed by atoms with Crippen LogP contribution in [0.4, 0.5) is 5.82 Å². The van der Waals surface area contributed by atoms with Crippen LogP contribution in [0, 0.1) is 0 Å². The minimum absolute atomic E-state index is 0.0506. The molecular formula is C14H21BrN4O. The zero-order chi connectivity index (χ0) is 14.7. The van der Waals surface area contributed by atoms with E-state index in [2.05, 4.69) is 45.1 Å². The maximum absolute atomic E-state index is 12.7. The lowest BCUT2D eigenvalue weighted by Gasteiger charge is -2.39. The van der Waals surface area contributed by atoms with Crippen molar-refractivity contribution in [3.05, 3.63) is 22.3 Å². The minimum Gasteiger partial charge on any atom is -0.372 e. The van der Waals surface area contributed by atoms with Gasteiger partial charge < -0.3 is 10.2 Å². The number of pyridine rings is 1. The molecule has 1 aliphatic rings. The quantitative estimate of drug-likeness (QED) is 0.914. The van der Waals surface area contributed by atoms with E-state index in [4.69, 9.17) is 0 Å². The van der Waals surface area contributed by atoms with Crippen molar-refractivity contribution >= 4 is 27.7 Å². The Labute approximate surface area is 128 Å². The van der Waals surface area contributed by atoms with Gasteiger partial charge in [0.25, 0.3) is 5.91 Å². The highest BCUT2D eigenvalue weighted by molar-refractivity contribution is 9.10. The van der Waals surface area contributed by atoms with Gasteiger partial charge in [-0.25, -0.2) is 4.98 Å². The van der Waals surface area contributed by atoms with Gasteiger partial charge >= 0.3 is 0 Å². The van der Waals surface area contributed by atoms with E-state index in [0.29, 0.717) is 17.4 Å². The van der Waals surface area contributed by atoms with E-state index in [1.807, 2.05) is 11.0 Å². The molecule has 0 saturated carbocycles. The van der Waals surface area contributed by atoms with Crippen molar-refractivity contribution in [2.45, 2.75) is 19.4 Å². The first-order chi connectivity index (χ1) is 9.56. The molecule has 0 radical (unpaired) electrons. The third-order valence-corrected chi connectivity index (χ3v) is 4.29. The molecule has 20 heavy (non-hydrogen) atoms. The molecule has 0 bridgehead atoms. The summed E-state index contributed by atoms with van der Waals surface area (Å²) in [6.45, 7) is 4.62. The van der Waals surface area contributed by atoms with Crippen LogP contribution in [0.1, 0.15) is 23.7 Å². The van der Waals surface area contributed by atoms with E-state index in [-0.39, 0.29) is 5.91 Å². The zero-order valence-electron chi connectivity index (χ0n) is 12.2. The lowest BCUT2D eigenvalue weighted by molar-refractivity contribution is 0.0542. The number of aromatic nitrogens is 1.